The van der Waals surface area contributed by atoms with Crippen LogP contribution in [0.25, 0.3) is 0 Å². The van der Waals surface area contributed by atoms with Crippen LogP contribution in [0.5, 0.6) is 0 Å². The van der Waals surface area contributed by atoms with E-state index in [1.165, 1.54) is 0 Å². The Morgan fingerprint density at radius 2 is 2.19 bits per heavy atom. The van der Waals surface area contributed by atoms with E-state index in [0.717, 1.165) is 6.21 Å². The third-order valence-corrected chi connectivity index (χ3v) is 2.31. The van der Waals surface area contributed by atoms with E-state index in [0.29, 0.717) is 5.56 Å². The Hall–Kier alpha value is -1.76. The maximum absolute atomic E-state index is 12.5. The molecule has 1 unspecified atom stereocenters. The summed E-state index contributed by atoms with van der Waals surface area (Å²) in [5.41, 5.74) is 0.688. The molecule has 0 heterocycles. The Bertz CT molecular complexity index is 386. The Labute approximate surface area is 95.4 Å². The van der Waals surface area contributed by atoms with Crippen molar-refractivity contribution in [3.63, 3.8) is 0 Å². The quantitative estimate of drug-likeness (QED) is 0.472. The third-order valence-electron chi connectivity index (χ3n) is 1.76. The summed E-state index contributed by atoms with van der Waals surface area (Å²) in [5, 5.41) is 11.6. The smallest absolute Gasteiger partial charge is 0.184 e. The molecule has 5 nitrogen and oxygen atoms in total. The predicted molar refractivity (Wildman–Crippen MR) is 61.1 cm³/mol. The van der Waals surface area contributed by atoms with Crippen LogP contribution >= 0.6 is 12.1 Å². The number of halogens is 1. The molecule has 0 radical (unpaired) electrons. The zero-order valence-electron chi connectivity index (χ0n) is 8.04. The van der Waals surface area contributed by atoms with E-state index < -0.39 is 5.25 Å². The molecule has 1 N–H and O–H groups in total. The average Bonchev–Trinajstić information content (AvgIpc) is 2.35. The van der Waals surface area contributed by atoms with Crippen molar-refractivity contribution in [1.82, 2.24) is 0 Å². The summed E-state index contributed by atoms with van der Waals surface area (Å²) in [5.74, 6) is 0. The number of benzene rings is 1. The van der Waals surface area contributed by atoms with E-state index >= 15 is 0 Å². The Balaban J connectivity index is 3.05. The molecule has 0 aliphatic heterocycles. The molecule has 0 aromatic heterocycles. The molecule has 0 aliphatic rings. The minimum absolute atomic E-state index is 0.0743. The van der Waals surface area contributed by atoms with Crippen molar-refractivity contribution >= 4 is 24.1 Å². The van der Waals surface area contributed by atoms with Gasteiger partial charge in [-0.05, 0) is 0 Å². The molecule has 0 saturated heterocycles. The molecule has 0 spiro atoms. The van der Waals surface area contributed by atoms with Crippen LogP contribution in [0.1, 0.15) is 5.56 Å². The van der Waals surface area contributed by atoms with Crippen LogP contribution in [0.3, 0.4) is 0 Å². The minimum atomic E-state index is -0.927. The highest BCUT2D eigenvalue weighted by molar-refractivity contribution is 7.96. The SMILES string of the molecule is N=CC(SF)/C(=N/ON=O)c1ccccc1. The van der Waals surface area contributed by atoms with Gasteiger partial charge in [-0.2, -0.15) is 3.89 Å². The summed E-state index contributed by atoms with van der Waals surface area (Å²) in [4.78, 5) is 13.8. The number of hydrogen-bond acceptors (Lipinski definition) is 6. The molecule has 0 amide bonds. The highest BCUT2D eigenvalue weighted by Crippen LogP contribution is 2.17. The Morgan fingerprint density at radius 1 is 1.50 bits per heavy atom. The number of rotatable bonds is 6. The maximum Gasteiger partial charge on any atom is 0.184 e. The van der Waals surface area contributed by atoms with Crippen LogP contribution < -0.4 is 0 Å². The number of hydrogen-bond donors (Lipinski definition) is 1. The van der Waals surface area contributed by atoms with E-state index in [1.807, 2.05) is 0 Å². The van der Waals surface area contributed by atoms with Gasteiger partial charge in [0.1, 0.15) is 11.0 Å². The summed E-state index contributed by atoms with van der Waals surface area (Å²) < 4.78 is 12.5. The van der Waals surface area contributed by atoms with Crippen LogP contribution in [-0.4, -0.2) is 17.2 Å². The third kappa shape index (κ3) is 3.13. The van der Waals surface area contributed by atoms with Gasteiger partial charge in [0.15, 0.2) is 5.34 Å². The van der Waals surface area contributed by atoms with Crippen molar-refractivity contribution in [1.29, 1.82) is 5.41 Å². The van der Waals surface area contributed by atoms with Crippen LogP contribution in [0.4, 0.5) is 3.89 Å². The lowest BCUT2D eigenvalue weighted by Crippen LogP contribution is -2.19. The van der Waals surface area contributed by atoms with E-state index in [4.69, 9.17) is 5.41 Å². The molecule has 1 aromatic rings. The molecule has 16 heavy (non-hydrogen) atoms. The molecular formula is C9H8FN3O2S. The standard InChI is InChI=1S/C9H8FN3O2S/c10-16-8(6-11)9(12-15-13-14)7-4-2-1-3-5-7/h1-6,8,11H/b11-6?,12-9+. The lowest BCUT2D eigenvalue weighted by molar-refractivity contribution is 0.150. The van der Waals surface area contributed by atoms with Gasteiger partial charge in [0.05, 0.1) is 12.1 Å². The van der Waals surface area contributed by atoms with E-state index in [9.17, 15) is 8.79 Å². The molecule has 0 fully saturated rings. The summed E-state index contributed by atoms with van der Waals surface area (Å²) >= 11 is -0.0743. The summed E-state index contributed by atoms with van der Waals surface area (Å²) in [6, 6.07) is 8.56. The van der Waals surface area contributed by atoms with Crippen LogP contribution in [0.2, 0.25) is 0 Å². The van der Waals surface area contributed by atoms with Gasteiger partial charge < -0.3 is 5.41 Å². The fourth-order valence-electron chi connectivity index (χ4n) is 1.09. The van der Waals surface area contributed by atoms with Gasteiger partial charge in [-0.1, -0.05) is 35.5 Å². The molecule has 1 atom stereocenters. The lowest BCUT2D eigenvalue weighted by atomic mass is 10.1. The fraction of sp³-hybridized carbons (Fsp3) is 0.111. The molecule has 7 heteroatoms. The topological polar surface area (TPSA) is 74.9 Å². The average molecular weight is 241 g/mol. The predicted octanol–water partition coefficient (Wildman–Crippen LogP) is 2.72. The summed E-state index contributed by atoms with van der Waals surface area (Å²) in [6.07, 6.45) is 0.866. The molecular weight excluding hydrogens is 233 g/mol. The molecule has 0 saturated carbocycles. The first-order valence-electron chi connectivity index (χ1n) is 4.23. The van der Waals surface area contributed by atoms with E-state index in [1.54, 1.807) is 30.3 Å². The van der Waals surface area contributed by atoms with Crippen molar-refractivity contribution in [2.45, 2.75) is 5.25 Å². The minimum Gasteiger partial charge on any atom is -0.311 e. The summed E-state index contributed by atoms with van der Waals surface area (Å²) in [7, 11) is 0. The van der Waals surface area contributed by atoms with Gasteiger partial charge in [-0.15, -0.1) is 4.91 Å². The monoisotopic (exact) mass is 241 g/mol. The molecule has 1 rings (SSSR count). The zero-order valence-corrected chi connectivity index (χ0v) is 8.86. The lowest BCUT2D eigenvalue weighted by Gasteiger charge is -2.08. The largest absolute Gasteiger partial charge is 0.311 e. The van der Waals surface area contributed by atoms with E-state index in [2.05, 4.69) is 15.4 Å². The maximum atomic E-state index is 12.5. The normalized spacial score (nSPS) is 12.9. The fourth-order valence-corrected chi connectivity index (χ4v) is 1.40. The number of nitrogens with one attached hydrogen (secondary N) is 1. The summed E-state index contributed by atoms with van der Waals surface area (Å²) in [6.45, 7) is 0. The first kappa shape index (κ1) is 12.3. The number of nitrogens with zero attached hydrogens (tertiary/aromatic N) is 2. The van der Waals surface area contributed by atoms with E-state index in [-0.39, 0.29) is 17.9 Å². The van der Waals surface area contributed by atoms with Crippen molar-refractivity contribution in [2.75, 3.05) is 0 Å². The van der Waals surface area contributed by atoms with Gasteiger partial charge >= 0.3 is 0 Å². The van der Waals surface area contributed by atoms with Gasteiger partial charge in [-0.25, -0.2) is 4.94 Å². The van der Waals surface area contributed by atoms with Crippen molar-refractivity contribution in [3.8, 4) is 0 Å². The second kappa shape index (κ2) is 6.67. The number of oxime groups is 1. The van der Waals surface area contributed by atoms with Crippen molar-refractivity contribution in [3.05, 3.63) is 40.8 Å². The van der Waals surface area contributed by atoms with Gasteiger partial charge in [0.25, 0.3) is 0 Å². The second-order valence-corrected chi connectivity index (χ2v) is 3.36. The highest BCUT2D eigenvalue weighted by Gasteiger charge is 2.18. The highest BCUT2D eigenvalue weighted by atomic mass is 32.2. The zero-order chi connectivity index (χ0) is 11.8. The first-order valence-corrected chi connectivity index (χ1v) is 5.01. The Kier molecular flexibility index (Phi) is 5.13. The first-order chi connectivity index (χ1) is 7.83. The Morgan fingerprint density at radius 3 is 2.69 bits per heavy atom. The molecule has 84 valence electrons. The van der Waals surface area contributed by atoms with Crippen molar-refractivity contribution in [2.24, 2.45) is 10.5 Å². The molecule has 0 aliphatic carbocycles. The molecule has 1 aromatic carbocycles. The van der Waals surface area contributed by atoms with Crippen LogP contribution in [-0.2, 0) is 4.94 Å². The molecule has 0 bridgehead atoms. The second-order valence-electron chi connectivity index (χ2n) is 2.68. The van der Waals surface area contributed by atoms with Crippen LogP contribution in [0.15, 0.2) is 40.8 Å². The van der Waals surface area contributed by atoms with Gasteiger partial charge in [0.2, 0.25) is 0 Å². The van der Waals surface area contributed by atoms with Gasteiger partial charge in [-0.3, -0.25) is 0 Å². The van der Waals surface area contributed by atoms with Gasteiger partial charge in [0, 0.05) is 11.8 Å². The van der Waals surface area contributed by atoms with Crippen LogP contribution in [0, 0.1) is 10.3 Å². The van der Waals surface area contributed by atoms with Crippen molar-refractivity contribution < 1.29 is 8.82 Å².